The van der Waals surface area contributed by atoms with Crippen LogP contribution in [0.15, 0.2) is 34.9 Å². The standard InChI is InChI=1S/C21H19N3O2S/c1-12-8-9-15-16(11-22)21(27-17(15)10-12)23-20(25)18-13(2)26-24-19(18)14-6-4-3-5-7-14/h3-7,12H,8-10H2,1-2H3,(H,23,25)/t12-/m1/s1. The summed E-state index contributed by atoms with van der Waals surface area (Å²) >= 11 is 1.52. The summed E-state index contributed by atoms with van der Waals surface area (Å²) in [5.41, 5.74) is 3.44. The Morgan fingerprint density at radius 1 is 1.37 bits per heavy atom. The number of hydrogen-bond donors (Lipinski definition) is 1. The maximum absolute atomic E-state index is 13.0. The molecule has 136 valence electrons. The molecule has 3 aromatic rings. The molecule has 0 spiro atoms. The molecule has 1 N–H and O–H groups in total. The van der Waals surface area contributed by atoms with Gasteiger partial charge in [0.1, 0.15) is 28.1 Å². The summed E-state index contributed by atoms with van der Waals surface area (Å²) in [6.45, 7) is 3.94. The van der Waals surface area contributed by atoms with Gasteiger partial charge >= 0.3 is 0 Å². The zero-order valence-electron chi connectivity index (χ0n) is 15.2. The Bertz CT molecular complexity index is 1040. The maximum atomic E-state index is 13.0. The second kappa shape index (κ2) is 7.01. The van der Waals surface area contributed by atoms with Crippen molar-refractivity contribution in [1.82, 2.24) is 5.16 Å². The molecule has 0 unspecified atom stereocenters. The Morgan fingerprint density at radius 3 is 2.89 bits per heavy atom. The first-order valence-corrected chi connectivity index (χ1v) is 9.77. The van der Waals surface area contributed by atoms with Gasteiger partial charge in [-0.1, -0.05) is 42.4 Å². The highest BCUT2D eigenvalue weighted by Crippen LogP contribution is 2.39. The van der Waals surface area contributed by atoms with Gasteiger partial charge in [-0.3, -0.25) is 4.79 Å². The van der Waals surface area contributed by atoms with E-state index in [4.69, 9.17) is 4.52 Å². The van der Waals surface area contributed by atoms with Crippen LogP contribution in [0.25, 0.3) is 11.3 Å². The van der Waals surface area contributed by atoms with Crippen molar-refractivity contribution >= 4 is 22.2 Å². The number of aromatic nitrogens is 1. The zero-order chi connectivity index (χ0) is 19.0. The first-order chi connectivity index (χ1) is 13.1. The van der Waals surface area contributed by atoms with Crippen molar-refractivity contribution in [3.8, 4) is 17.3 Å². The lowest BCUT2D eigenvalue weighted by atomic mass is 9.88. The van der Waals surface area contributed by atoms with Crippen LogP contribution in [-0.4, -0.2) is 11.1 Å². The van der Waals surface area contributed by atoms with Crippen molar-refractivity contribution in [2.75, 3.05) is 5.32 Å². The normalized spacial score (nSPS) is 15.8. The number of thiophene rings is 1. The minimum atomic E-state index is -0.296. The molecule has 0 saturated heterocycles. The quantitative estimate of drug-likeness (QED) is 0.699. The molecule has 0 aliphatic heterocycles. The number of amides is 1. The van der Waals surface area contributed by atoms with Gasteiger partial charge in [0, 0.05) is 10.4 Å². The number of nitriles is 1. The van der Waals surface area contributed by atoms with Gasteiger partial charge in [-0.15, -0.1) is 11.3 Å². The highest BCUT2D eigenvalue weighted by molar-refractivity contribution is 7.16. The van der Waals surface area contributed by atoms with Crippen molar-refractivity contribution in [2.45, 2.75) is 33.1 Å². The molecule has 6 heteroatoms. The Morgan fingerprint density at radius 2 is 2.15 bits per heavy atom. The minimum absolute atomic E-state index is 0.296. The second-order valence-electron chi connectivity index (χ2n) is 6.95. The highest BCUT2D eigenvalue weighted by atomic mass is 32.1. The van der Waals surface area contributed by atoms with E-state index < -0.39 is 0 Å². The number of carbonyl (C=O) groups excluding carboxylic acids is 1. The summed E-state index contributed by atoms with van der Waals surface area (Å²) in [5, 5.41) is 17.3. The van der Waals surface area contributed by atoms with E-state index in [1.54, 1.807) is 6.92 Å². The van der Waals surface area contributed by atoms with E-state index in [-0.39, 0.29) is 5.91 Å². The Balaban J connectivity index is 1.69. The lowest BCUT2D eigenvalue weighted by Crippen LogP contribution is -2.13. The van der Waals surface area contributed by atoms with Crippen LogP contribution < -0.4 is 5.32 Å². The van der Waals surface area contributed by atoms with E-state index in [0.29, 0.717) is 33.5 Å². The van der Waals surface area contributed by atoms with Crippen LogP contribution in [0.3, 0.4) is 0 Å². The number of benzene rings is 1. The highest BCUT2D eigenvalue weighted by Gasteiger charge is 2.27. The largest absolute Gasteiger partial charge is 0.360 e. The summed E-state index contributed by atoms with van der Waals surface area (Å²) in [5.74, 6) is 0.770. The predicted molar refractivity (Wildman–Crippen MR) is 105 cm³/mol. The van der Waals surface area contributed by atoms with Gasteiger partial charge in [0.25, 0.3) is 5.91 Å². The average molecular weight is 377 g/mol. The van der Waals surface area contributed by atoms with Crippen LogP contribution in [-0.2, 0) is 12.8 Å². The Kier molecular flexibility index (Phi) is 4.54. The number of carbonyl (C=O) groups is 1. The second-order valence-corrected chi connectivity index (χ2v) is 8.06. The molecule has 0 bridgehead atoms. The third-order valence-electron chi connectivity index (χ3n) is 4.99. The van der Waals surface area contributed by atoms with Crippen molar-refractivity contribution in [3.63, 3.8) is 0 Å². The lowest BCUT2D eigenvalue weighted by molar-refractivity contribution is 0.102. The van der Waals surface area contributed by atoms with Crippen LogP contribution in [0.4, 0.5) is 5.00 Å². The molecule has 0 fully saturated rings. The van der Waals surface area contributed by atoms with Crippen LogP contribution in [0.1, 0.15) is 45.5 Å². The molecular formula is C21H19N3O2S. The van der Waals surface area contributed by atoms with E-state index in [0.717, 1.165) is 30.4 Å². The van der Waals surface area contributed by atoms with Crippen LogP contribution in [0.5, 0.6) is 0 Å². The number of aryl methyl sites for hydroxylation is 1. The summed E-state index contributed by atoms with van der Waals surface area (Å²) in [6, 6.07) is 11.8. The van der Waals surface area contributed by atoms with Crippen LogP contribution in [0, 0.1) is 24.2 Å². The van der Waals surface area contributed by atoms with Crippen LogP contribution in [0.2, 0.25) is 0 Å². The topological polar surface area (TPSA) is 78.9 Å². The van der Waals surface area contributed by atoms with Gasteiger partial charge in [0.2, 0.25) is 0 Å². The fourth-order valence-electron chi connectivity index (χ4n) is 3.56. The van der Waals surface area contributed by atoms with E-state index in [9.17, 15) is 10.1 Å². The smallest absolute Gasteiger partial charge is 0.262 e. The van der Waals surface area contributed by atoms with E-state index in [2.05, 4.69) is 23.5 Å². The molecule has 5 nitrogen and oxygen atoms in total. The third-order valence-corrected chi connectivity index (χ3v) is 6.16. The van der Waals surface area contributed by atoms with Crippen molar-refractivity contribution < 1.29 is 9.32 Å². The molecule has 0 saturated carbocycles. The molecule has 1 atom stereocenters. The van der Waals surface area contributed by atoms with Crippen molar-refractivity contribution in [2.24, 2.45) is 5.92 Å². The molecule has 2 aromatic heterocycles. The predicted octanol–water partition coefficient (Wildman–Crippen LogP) is 4.96. The fourth-order valence-corrected chi connectivity index (χ4v) is 4.91. The monoisotopic (exact) mass is 377 g/mol. The molecule has 27 heavy (non-hydrogen) atoms. The molecule has 1 aromatic carbocycles. The first-order valence-electron chi connectivity index (χ1n) is 8.96. The van der Waals surface area contributed by atoms with Crippen molar-refractivity contribution in [3.05, 3.63) is 57.7 Å². The first kappa shape index (κ1) is 17.5. The van der Waals surface area contributed by atoms with Gasteiger partial charge in [0.05, 0.1) is 5.56 Å². The fraction of sp³-hybridized carbons (Fsp3) is 0.286. The van der Waals surface area contributed by atoms with Gasteiger partial charge in [-0.05, 0) is 37.7 Å². The molecule has 0 radical (unpaired) electrons. The van der Waals surface area contributed by atoms with Gasteiger partial charge in [-0.25, -0.2) is 0 Å². The molecule has 2 heterocycles. The summed E-state index contributed by atoms with van der Waals surface area (Å²) < 4.78 is 5.29. The summed E-state index contributed by atoms with van der Waals surface area (Å²) in [4.78, 5) is 14.2. The number of rotatable bonds is 3. The van der Waals surface area contributed by atoms with E-state index >= 15 is 0 Å². The SMILES string of the molecule is Cc1onc(-c2ccccc2)c1C(=O)Nc1sc2c(c1C#N)CC[C@@H](C)C2. The Hall–Kier alpha value is -2.91. The summed E-state index contributed by atoms with van der Waals surface area (Å²) in [7, 11) is 0. The number of hydrogen-bond acceptors (Lipinski definition) is 5. The van der Waals surface area contributed by atoms with E-state index in [1.165, 1.54) is 16.2 Å². The number of nitrogens with zero attached hydrogens (tertiary/aromatic N) is 2. The third kappa shape index (κ3) is 3.15. The van der Waals surface area contributed by atoms with Crippen molar-refractivity contribution in [1.29, 1.82) is 5.26 Å². The molecular weight excluding hydrogens is 358 g/mol. The van der Waals surface area contributed by atoms with Gasteiger partial charge in [0.15, 0.2) is 0 Å². The average Bonchev–Trinajstić information content (AvgIpc) is 3.21. The van der Waals surface area contributed by atoms with Crippen LogP contribution >= 0.6 is 11.3 Å². The van der Waals surface area contributed by atoms with E-state index in [1.807, 2.05) is 30.3 Å². The Labute approximate surface area is 161 Å². The number of nitrogens with one attached hydrogen (secondary N) is 1. The van der Waals surface area contributed by atoms with Gasteiger partial charge in [-0.2, -0.15) is 5.26 Å². The molecule has 1 amide bonds. The summed E-state index contributed by atoms with van der Waals surface area (Å²) in [6.07, 6.45) is 2.94. The maximum Gasteiger partial charge on any atom is 0.262 e. The molecule has 4 rings (SSSR count). The lowest BCUT2D eigenvalue weighted by Gasteiger charge is -2.17. The molecule has 1 aliphatic carbocycles. The number of fused-ring (bicyclic) bond motifs is 1. The number of anilines is 1. The zero-order valence-corrected chi connectivity index (χ0v) is 16.0. The van der Waals surface area contributed by atoms with Gasteiger partial charge < -0.3 is 9.84 Å². The molecule has 1 aliphatic rings. The minimum Gasteiger partial charge on any atom is -0.360 e.